The fraction of sp³-hybridized carbons (Fsp3) is 0.722. The van der Waals surface area contributed by atoms with Gasteiger partial charge in [-0.15, -0.1) is 12.4 Å². The van der Waals surface area contributed by atoms with Crippen molar-refractivity contribution in [3.05, 3.63) is 23.9 Å². The standard InChI is InChI=1S/C18H31N5.ClH/c1-18(2,3)17-15(13-21-22-17)12-19-11-14-6-7-20-16(10-14)23-8-4-5-9-23;/h6-7,10,15,17,19,21-22H,4-5,8-9,11-13H2,1-3H3;1H. The number of pyridine rings is 1. The highest BCUT2D eigenvalue weighted by Crippen LogP contribution is 2.27. The van der Waals surface area contributed by atoms with Crippen LogP contribution in [0.15, 0.2) is 18.3 Å². The molecule has 5 nitrogen and oxygen atoms in total. The van der Waals surface area contributed by atoms with Gasteiger partial charge < -0.3 is 10.2 Å². The van der Waals surface area contributed by atoms with Gasteiger partial charge in [0, 0.05) is 50.9 Å². The minimum absolute atomic E-state index is 0. The van der Waals surface area contributed by atoms with E-state index in [-0.39, 0.29) is 17.8 Å². The van der Waals surface area contributed by atoms with Crippen LogP contribution in [0.25, 0.3) is 0 Å². The third-order valence-corrected chi connectivity index (χ3v) is 5.00. The SMILES string of the molecule is CC(C)(C)C1NNCC1CNCc1ccnc(N2CCCC2)c1.Cl. The zero-order chi connectivity index (χ0) is 16.3. The van der Waals surface area contributed by atoms with E-state index in [9.17, 15) is 0 Å². The normalized spacial score (nSPS) is 24.2. The van der Waals surface area contributed by atoms with Crippen molar-refractivity contribution in [3.8, 4) is 0 Å². The molecule has 0 amide bonds. The van der Waals surface area contributed by atoms with Crippen LogP contribution in [0, 0.1) is 11.3 Å². The van der Waals surface area contributed by atoms with Crippen molar-refractivity contribution in [1.29, 1.82) is 0 Å². The van der Waals surface area contributed by atoms with E-state index in [0.29, 0.717) is 12.0 Å². The van der Waals surface area contributed by atoms with Crippen LogP contribution in [0.3, 0.4) is 0 Å². The van der Waals surface area contributed by atoms with E-state index < -0.39 is 0 Å². The molecule has 24 heavy (non-hydrogen) atoms. The first-order valence-electron chi connectivity index (χ1n) is 8.93. The minimum Gasteiger partial charge on any atom is -0.357 e. The van der Waals surface area contributed by atoms with E-state index in [1.54, 1.807) is 0 Å². The van der Waals surface area contributed by atoms with Crippen molar-refractivity contribution in [3.63, 3.8) is 0 Å². The number of hydrazine groups is 1. The molecule has 0 spiro atoms. The predicted octanol–water partition coefficient (Wildman–Crippen LogP) is 2.33. The molecule has 2 fully saturated rings. The van der Waals surface area contributed by atoms with Crippen LogP contribution < -0.4 is 21.1 Å². The second-order valence-electron chi connectivity index (χ2n) is 7.98. The Morgan fingerprint density at radius 3 is 2.75 bits per heavy atom. The Balaban J connectivity index is 0.00000208. The summed E-state index contributed by atoms with van der Waals surface area (Å²) >= 11 is 0. The van der Waals surface area contributed by atoms with E-state index in [1.807, 2.05) is 6.20 Å². The minimum atomic E-state index is 0. The van der Waals surface area contributed by atoms with Gasteiger partial charge in [-0.05, 0) is 36.0 Å². The Hall–Kier alpha value is -0.880. The summed E-state index contributed by atoms with van der Waals surface area (Å²) in [5.74, 6) is 1.76. The van der Waals surface area contributed by atoms with Crippen LogP contribution in [-0.4, -0.2) is 37.2 Å². The van der Waals surface area contributed by atoms with Crippen molar-refractivity contribution in [2.75, 3.05) is 31.1 Å². The summed E-state index contributed by atoms with van der Waals surface area (Å²) in [6.45, 7) is 12.2. The van der Waals surface area contributed by atoms with Gasteiger partial charge in [0.2, 0.25) is 0 Å². The number of hydrogen-bond acceptors (Lipinski definition) is 5. The summed E-state index contributed by atoms with van der Waals surface area (Å²) in [5, 5.41) is 3.64. The lowest BCUT2D eigenvalue weighted by molar-refractivity contribution is 0.235. The number of rotatable bonds is 5. The van der Waals surface area contributed by atoms with E-state index in [0.717, 1.165) is 38.5 Å². The van der Waals surface area contributed by atoms with Gasteiger partial charge in [-0.1, -0.05) is 20.8 Å². The lowest BCUT2D eigenvalue weighted by Gasteiger charge is -2.31. The zero-order valence-electron chi connectivity index (χ0n) is 15.1. The molecule has 0 saturated carbocycles. The summed E-state index contributed by atoms with van der Waals surface area (Å²) in [5.41, 5.74) is 8.35. The quantitative estimate of drug-likeness (QED) is 0.758. The lowest BCUT2D eigenvalue weighted by Crippen LogP contribution is -2.44. The van der Waals surface area contributed by atoms with Crippen molar-refractivity contribution < 1.29 is 0 Å². The smallest absolute Gasteiger partial charge is 0.128 e. The van der Waals surface area contributed by atoms with E-state index >= 15 is 0 Å². The van der Waals surface area contributed by atoms with Gasteiger partial charge in [-0.25, -0.2) is 4.98 Å². The second kappa shape index (κ2) is 8.48. The average Bonchev–Trinajstić information content (AvgIpc) is 3.18. The Labute approximate surface area is 152 Å². The molecule has 0 bridgehead atoms. The maximum Gasteiger partial charge on any atom is 0.128 e. The first kappa shape index (κ1) is 19.4. The Morgan fingerprint density at radius 2 is 2.04 bits per heavy atom. The molecular weight excluding hydrogens is 322 g/mol. The maximum absolute atomic E-state index is 4.53. The molecule has 2 saturated heterocycles. The first-order chi connectivity index (χ1) is 11.0. The Bertz CT molecular complexity index is 510. The van der Waals surface area contributed by atoms with Gasteiger partial charge in [0.05, 0.1) is 0 Å². The molecular formula is C18H32ClN5. The summed E-state index contributed by atoms with van der Waals surface area (Å²) in [6, 6.07) is 4.87. The van der Waals surface area contributed by atoms with Crippen molar-refractivity contribution in [2.45, 2.75) is 46.2 Å². The van der Waals surface area contributed by atoms with Crippen LogP contribution in [0.2, 0.25) is 0 Å². The summed E-state index contributed by atoms with van der Waals surface area (Å²) < 4.78 is 0. The first-order valence-corrected chi connectivity index (χ1v) is 8.93. The molecule has 1 aromatic heterocycles. The van der Waals surface area contributed by atoms with Gasteiger partial charge in [0.15, 0.2) is 0 Å². The molecule has 3 rings (SSSR count). The highest BCUT2D eigenvalue weighted by atomic mass is 35.5. The molecule has 2 aliphatic heterocycles. The molecule has 3 N–H and O–H groups in total. The van der Waals surface area contributed by atoms with E-state index in [4.69, 9.17) is 0 Å². The van der Waals surface area contributed by atoms with Gasteiger partial charge in [-0.3, -0.25) is 10.9 Å². The number of hydrogen-bond donors (Lipinski definition) is 3. The van der Waals surface area contributed by atoms with Gasteiger partial charge in [0.1, 0.15) is 5.82 Å². The van der Waals surface area contributed by atoms with Gasteiger partial charge in [-0.2, -0.15) is 0 Å². The molecule has 0 aromatic carbocycles. The molecule has 0 radical (unpaired) electrons. The fourth-order valence-corrected chi connectivity index (χ4v) is 3.74. The fourth-order valence-electron chi connectivity index (χ4n) is 3.74. The second-order valence-corrected chi connectivity index (χ2v) is 7.98. The van der Waals surface area contributed by atoms with E-state index in [1.165, 1.54) is 18.4 Å². The molecule has 6 heteroatoms. The molecule has 136 valence electrons. The summed E-state index contributed by atoms with van der Waals surface area (Å²) in [4.78, 5) is 6.92. The summed E-state index contributed by atoms with van der Waals surface area (Å²) in [7, 11) is 0. The van der Waals surface area contributed by atoms with Gasteiger partial charge >= 0.3 is 0 Å². The van der Waals surface area contributed by atoms with Crippen molar-refractivity contribution in [2.24, 2.45) is 11.3 Å². The molecule has 0 aliphatic carbocycles. The largest absolute Gasteiger partial charge is 0.357 e. The highest BCUT2D eigenvalue weighted by molar-refractivity contribution is 5.85. The van der Waals surface area contributed by atoms with Gasteiger partial charge in [0.25, 0.3) is 0 Å². The number of nitrogens with zero attached hydrogens (tertiary/aromatic N) is 2. The Morgan fingerprint density at radius 1 is 1.29 bits per heavy atom. The molecule has 2 unspecified atom stereocenters. The maximum atomic E-state index is 4.53. The highest BCUT2D eigenvalue weighted by Gasteiger charge is 2.35. The predicted molar refractivity (Wildman–Crippen MR) is 103 cm³/mol. The molecule has 2 aliphatic rings. The number of nitrogens with one attached hydrogen (secondary N) is 3. The zero-order valence-corrected chi connectivity index (χ0v) is 16.0. The van der Waals surface area contributed by atoms with Crippen LogP contribution >= 0.6 is 12.4 Å². The molecule has 2 atom stereocenters. The van der Waals surface area contributed by atoms with Crippen LogP contribution in [0.4, 0.5) is 5.82 Å². The Kier molecular flexibility index (Phi) is 6.87. The molecule has 1 aromatic rings. The number of halogens is 1. The van der Waals surface area contributed by atoms with Crippen molar-refractivity contribution in [1.82, 2.24) is 21.2 Å². The third kappa shape index (κ3) is 4.82. The van der Waals surface area contributed by atoms with Crippen molar-refractivity contribution >= 4 is 18.2 Å². The molecule has 3 heterocycles. The third-order valence-electron chi connectivity index (χ3n) is 5.00. The van der Waals surface area contributed by atoms with Crippen LogP contribution in [0.1, 0.15) is 39.2 Å². The number of aromatic nitrogens is 1. The van der Waals surface area contributed by atoms with Crippen LogP contribution in [-0.2, 0) is 6.54 Å². The topological polar surface area (TPSA) is 52.2 Å². The summed E-state index contributed by atoms with van der Waals surface area (Å²) in [6.07, 6.45) is 4.53. The van der Waals surface area contributed by atoms with Crippen LogP contribution in [0.5, 0.6) is 0 Å². The van der Waals surface area contributed by atoms with E-state index in [2.05, 4.69) is 59.0 Å². The lowest BCUT2D eigenvalue weighted by atomic mass is 9.80. The number of anilines is 1. The monoisotopic (exact) mass is 353 g/mol. The average molecular weight is 354 g/mol.